The van der Waals surface area contributed by atoms with Gasteiger partial charge < -0.3 is 14.4 Å². The number of aromatic carboxylic acids is 1. The minimum atomic E-state index is -0.911. The molecule has 3 heterocycles. The zero-order chi connectivity index (χ0) is 18.4. The molecule has 5 rings (SSSR count). The minimum Gasteiger partial charge on any atom is -0.478 e. The number of rotatable bonds is 2. The summed E-state index contributed by atoms with van der Waals surface area (Å²) in [5.74, 6) is 0.0857. The third-order valence-corrected chi connectivity index (χ3v) is 6.59. The van der Waals surface area contributed by atoms with Gasteiger partial charge in [0.2, 0.25) is 0 Å². The molecule has 1 saturated heterocycles. The second-order valence-electron chi connectivity index (χ2n) is 8.29. The third-order valence-electron chi connectivity index (χ3n) is 6.59. The number of aromatic nitrogens is 2. The summed E-state index contributed by atoms with van der Waals surface area (Å²) >= 11 is 0. The summed E-state index contributed by atoms with van der Waals surface area (Å²) in [6.07, 6.45) is 11.4. The molecule has 5 nitrogen and oxygen atoms in total. The van der Waals surface area contributed by atoms with Crippen molar-refractivity contribution in [3.63, 3.8) is 0 Å². The zero-order valence-electron chi connectivity index (χ0n) is 15.5. The number of carbonyl (C=O) groups is 1. The number of benzene rings is 1. The maximum absolute atomic E-state index is 11.4. The highest BCUT2D eigenvalue weighted by Crippen LogP contribution is 2.44. The number of hydrogen-bond acceptors (Lipinski definition) is 3. The summed E-state index contributed by atoms with van der Waals surface area (Å²) in [7, 11) is 0. The van der Waals surface area contributed by atoms with Crippen LogP contribution in [0.15, 0.2) is 36.5 Å². The number of carboxylic acids is 1. The molecule has 5 heteroatoms. The van der Waals surface area contributed by atoms with Crippen LogP contribution < -0.4 is 4.90 Å². The lowest BCUT2D eigenvalue weighted by atomic mass is 9.80. The standard InChI is InChI=1S/C22H25N3O2/c26-21(27)16-7-8-18-17(14-16)23-20(19-6-5-12-25(18)19)24-13-11-22(15-24)9-3-1-2-4-10-22/h5-8,12,14H,1-4,9-11,13,15H2,(H,26,27). The third kappa shape index (κ3) is 2.76. The summed E-state index contributed by atoms with van der Waals surface area (Å²) < 4.78 is 2.14. The van der Waals surface area contributed by atoms with Gasteiger partial charge >= 0.3 is 5.97 Å². The van der Waals surface area contributed by atoms with E-state index in [1.165, 1.54) is 44.9 Å². The van der Waals surface area contributed by atoms with Gasteiger partial charge in [-0.3, -0.25) is 0 Å². The van der Waals surface area contributed by atoms with Crippen LogP contribution in [0.2, 0.25) is 0 Å². The van der Waals surface area contributed by atoms with E-state index in [-0.39, 0.29) is 5.56 Å². The maximum Gasteiger partial charge on any atom is 0.335 e. The van der Waals surface area contributed by atoms with Crippen LogP contribution in [0.25, 0.3) is 16.6 Å². The lowest BCUT2D eigenvalue weighted by Gasteiger charge is -2.28. The monoisotopic (exact) mass is 363 g/mol. The molecule has 0 atom stereocenters. The zero-order valence-corrected chi connectivity index (χ0v) is 15.5. The topological polar surface area (TPSA) is 57.8 Å². The van der Waals surface area contributed by atoms with Crippen LogP contribution in [0, 0.1) is 5.41 Å². The van der Waals surface area contributed by atoms with Crippen LogP contribution >= 0.6 is 0 Å². The van der Waals surface area contributed by atoms with Crippen molar-refractivity contribution in [1.29, 1.82) is 0 Å². The van der Waals surface area contributed by atoms with Crippen molar-refractivity contribution >= 4 is 28.3 Å². The van der Waals surface area contributed by atoms with Crippen molar-refractivity contribution in [2.75, 3.05) is 18.0 Å². The van der Waals surface area contributed by atoms with Crippen molar-refractivity contribution in [1.82, 2.24) is 9.38 Å². The molecule has 1 aliphatic carbocycles. The molecular formula is C22H25N3O2. The Morgan fingerprint density at radius 3 is 2.63 bits per heavy atom. The fourth-order valence-electron chi connectivity index (χ4n) is 5.13. The molecule has 1 spiro atoms. The molecule has 0 radical (unpaired) electrons. The van der Waals surface area contributed by atoms with Gasteiger partial charge in [0.25, 0.3) is 0 Å². The Bertz CT molecular complexity index is 1010. The van der Waals surface area contributed by atoms with Gasteiger partial charge in [-0.25, -0.2) is 9.78 Å². The van der Waals surface area contributed by atoms with Crippen molar-refractivity contribution in [3.05, 3.63) is 42.1 Å². The number of nitrogens with zero attached hydrogens (tertiary/aromatic N) is 3. The first-order valence-electron chi connectivity index (χ1n) is 10.0. The van der Waals surface area contributed by atoms with E-state index in [9.17, 15) is 9.90 Å². The number of carboxylic acid groups (broad SMARTS) is 1. The molecular weight excluding hydrogens is 338 g/mol. The maximum atomic E-state index is 11.4. The Morgan fingerprint density at radius 1 is 1.04 bits per heavy atom. The van der Waals surface area contributed by atoms with Gasteiger partial charge in [-0.05, 0) is 55.0 Å². The SMILES string of the molecule is O=C(O)c1ccc2c(c1)nc(N1CCC3(CCCCCC3)C1)c1cccn12. The molecule has 1 aliphatic heterocycles. The lowest BCUT2D eigenvalue weighted by molar-refractivity contribution is 0.0697. The van der Waals surface area contributed by atoms with Gasteiger partial charge in [0.05, 0.1) is 22.1 Å². The minimum absolute atomic E-state index is 0.286. The molecule has 0 amide bonds. The molecule has 0 unspecified atom stereocenters. The summed E-state index contributed by atoms with van der Waals surface area (Å²) in [5.41, 5.74) is 3.53. The van der Waals surface area contributed by atoms with Crippen LogP contribution in [-0.4, -0.2) is 33.6 Å². The number of anilines is 1. The van der Waals surface area contributed by atoms with E-state index in [4.69, 9.17) is 4.98 Å². The molecule has 3 aromatic rings. The quantitative estimate of drug-likeness (QED) is 0.715. The highest BCUT2D eigenvalue weighted by molar-refractivity contribution is 5.94. The Labute approximate surface area is 158 Å². The van der Waals surface area contributed by atoms with Crippen LogP contribution in [0.5, 0.6) is 0 Å². The highest BCUT2D eigenvalue weighted by Gasteiger charge is 2.39. The first-order valence-corrected chi connectivity index (χ1v) is 10.0. The molecule has 1 aromatic carbocycles. The van der Waals surface area contributed by atoms with E-state index in [1.54, 1.807) is 12.1 Å². The predicted octanol–water partition coefficient (Wildman–Crippen LogP) is 4.74. The van der Waals surface area contributed by atoms with E-state index < -0.39 is 5.97 Å². The number of fused-ring (bicyclic) bond motifs is 3. The first kappa shape index (κ1) is 16.6. The van der Waals surface area contributed by atoms with E-state index in [1.807, 2.05) is 18.3 Å². The van der Waals surface area contributed by atoms with E-state index in [2.05, 4.69) is 15.4 Å². The largest absolute Gasteiger partial charge is 0.478 e. The Balaban J connectivity index is 1.59. The van der Waals surface area contributed by atoms with Gasteiger partial charge in [-0.15, -0.1) is 0 Å². The summed E-state index contributed by atoms with van der Waals surface area (Å²) in [5, 5.41) is 9.35. The Morgan fingerprint density at radius 2 is 1.85 bits per heavy atom. The summed E-state index contributed by atoms with van der Waals surface area (Å²) in [6, 6.07) is 9.37. The van der Waals surface area contributed by atoms with E-state index in [0.29, 0.717) is 5.41 Å². The lowest BCUT2D eigenvalue weighted by Crippen LogP contribution is -2.27. The van der Waals surface area contributed by atoms with Crippen LogP contribution in [0.3, 0.4) is 0 Å². The summed E-state index contributed by atoms with van der Waals surface area (Å²) in [4.78, 5) is 18.8. The Kier molecular flexibility index (Phi) is 3.85. The van der Waals surface area contributed by atoms with Crippen LogP contribution in [-0.2, 0) is 0 Å². The predicted molar refractivity (Wildman–Crippen MR) is 107 cm³/mol. The molecule has 0 bridgehead atoms. The average molecular weight is 363 g/mol. The van der Waals surface area contributed by atoms with E-state index in [0.717, 1.165) is 35.5 Å². The molecule has 2 aromatic heterocycles. The fourth-order valence-corrected chi connectivity index (χ4v) is 5.13. The van der Waals surface area contributed by atoms with Crippen molar-refractivity contribution < 1.29 is 9.90 Å². The smallest absolute Gasteiger partial charge is 0.335 e. The first-order chi connectivity index (χ1) is 13.2. The average Bonchev–Trinajstić information content (AvgIpc) is 3.25. The van der Waals surface area contributed by atoms with Crippen LogP contribution in [0.4, 0.5) is 5.82 Å². The molecule has 2 fully saturated rings. The van der Waals surface area contributed by atoms with Crippen LogP contribution in [0.1, 0.15) is 55.3 Å². The molecule has 1 saturated carbocycles. The molecule has 140 valence electrons. The van der Waals surface area contributed by atoms with Gasteiger partial charge in [0.1, 0.15) is 0 Å². The van der Waals surface area contributed by atoms with Gasteiger partial charge in [-0.2, -0.15) is 0 Å². The second-order valence-corrected chi connectivity index (χ2v) is 8.29. The van der Waals surface area contributed by atoms with Gasteiger partial charge in [0, 0.05) is 19.3 Å². The van der Waals surface area contributed by atoms with Gasteiger partial charge in [-0.1, -0.05) is 25.7 Å². The Hall–Kier alpha value is -2.56. The van der Waals surface area contributed by atoms with Gasteiger partial charge in [0.15, 0.2) is 5.82 Å². The number of hydrogen-bond donors (Lipinski definition) is 1. The highest BCUT2D eigenvalue weighted by atomic mass is 16.4. The second kappa shape index (κ2) is 6.25. The van der Waals surface area contributed by atoms with Crippen molar-refractivity contribution in [2.45, 2.75) is 44.9 Å². The fraction of sp³-hybridized carbons (Fsp3) is 0.455. The molecule has 2 aliphatic rings. The molecule has 1 N–H and O–H groups in total. The normalized spacial score (nSPS) is 19.8. The van der Waals surface area contributed by atoms with Crippen molar-refractivity contribution in [2.24, 2.45) is 5.41 Å². The molecule has 27 heavy (non-hydrogen) atoms. The van der Waals surface area contributed by atoms with E-state index >= 15 is 0 Å². The van der Waals surface area contributed by atoms with Crippen molar-refractivity contribution in [3.8, 4) is 0 Å². The summed E-state index contributed by atoms with van der Waals surface area (Å²) in [6.45, 7) is 2.11.